The second-order valence-electron chi connectivity index (χ2n) is 5.29. The predicted octanol–water partition coefficient (Wildman–Crippen LogP) is -5.53. The number of quaternary nitrogens is 2. The summed E-state index contributed by atoms with van der Waals surface area (Å²) in [7, 11) is 4.15. The Morgan fingerprint density at radius 3 is 1.95 bits per heavy atom. The summed E-state index contributed by atoms with van der Waals surface area (Å²) in [4.78, 5) is 4.36. The Balaban J connectivity index is 0.00000180. The third-order valence-electron chi connectivity index (χ3n) is 3.86. The van der Waals surface area contributed by atoms with Crippen LogP contribution in [-0.2, 0) is 0 Å². The lowest BCUT2D eigenvalue weighted by Gasteiger charge is -2.45. The minimum absolute atomic E-state index is 0. The molecule has 2 atom stereocenters. The summed E-state index contributed by atoms with van der Waals surface area (Å²) in [5, 5.41) is 9.45. The van der Waals surface area contributed by atoms with E-state index in [0.717, 1.165) is 29.1 Å². The fraction of sp³-hybridized carbons (Fsp3) is 0.538. The predicted molar refractivity (Wildman–Crippen MR) is 71.1 cm³/mol. The van der Waals surface area contributed by atoms with Crippen LogP contribution in [0, 0.1) is 0 Å². The number of nitrogens with zero attached hydrogens (tertiary/aromatic N) is 4. The minimum atomic E-state index is 0. The summed E-state index contributed by atoms with van der Waals surface area (Å²) in [6, 6.07) is 0. The zero-order valence-corrected chi connectivity index (χ0v) is 13.6. The molecule has 0 fully saturated rings. The first-order valence-electron chi connectivity index (χ1n) is 6.32. The molecule has 2 heterocycles. The van der Waals surface area contributed by atoms with Crippen LogP contribution in [-0.4, -0.2) is 71.2 Å². The molecule has 0 aliphatic carbocycles. The van der Waals surface area contributed by atoms with Gasteiger partial charge in [0.2, 0.25) is 13.3 Å². The molecular formula is C13H24Cl2N4O. The Kier molecular flexibility index (Phi) is 7.07. The highest BCUT2D eigenvalue weighted by atomic mass is 35.5. The van der Waals surface area contributed by atoms with Crippen LogP contribution in [0.4, 0.5) is 0 Å². The fourth-order valence-corrected chi connectivity index (χ4v) is 2.98. The third-order valence-corrected chi connectivity index (χ3v) is 3.86. The van der Waals surface area contributed by atoms with Gasteiger partial charge in [0.05, 0.1) is 19.0 Å². The molecule has 0 amide bonds. The zero-order chi connectivity index (χ0) is 13.2. The van der Waals surface area contributed by atoms with Crippen molar-refractivity contribution in [2.45, 2.75) is 0 Å². The van der Waals surface area contributed by atoms with Crippen LogP contribution in [0.1, 0.15) is 0 Å². The monoisotopic (exact) mass is 322 g/mol. The van der Waals surface area contributed by atoms with Gasteiger partial charge in [0.25, 0.3) is 0 Å². The first-order valence-corrected chi connectivity index (χ1v) is 6.32. The molecule has 0 aromatic heterocycles. The summed E-state index contributed by atoms with van der Waals surface area (Å²) in [5.41, 5.74) is 0. The molecule has 1 N–H and O–H groups in total. The van der Waals surface area contributed by atoms with Crippen molar-refractivity contribution >= 4 is 0 Å². The van der Waals surface area contributed by atoms with Gasteiger partial charge in [0.1, 0.15) is 6.54 Å². The number of aliphatic hydroxyl groups is 1. The van der Waals surface area contributed by atoms with Crippen LogP contribution < -0.4 is 24.8 Å². The molecule has 7 heteroatoms. The van der Waals surface area contributed by atoms with Crippen molar-refractivity contribution in [2.75, 3.05) is 47.1 Å². The van der Waals surface area contributed by atoms with E-state index >= 15 is 0 Å². The largest absolute Gasteiger partial charge is 1.00 e. The number of aliphatic hydroxyl groups excluding tert-OH is 1. The Hall–Kier alpha value is -0.720. The molecule has 0 saturated heterocycles. The van der Waals surface area contributed by atoms with Gasteiger partial charge in [-0.1, -0.05) is 6.58 Å². The molecule has 2 rings (SSSR count). The highest BCUT2D eigenvalue weighted by molar-refractivity contribution is 4.84. The van der Waals surface area contributed by atoms with E-state index in [-0.39, 0.29) is 31.4 Å². The molecule has 0 aromatic carbocycles. The van der Waals surface area contributed by atoms with E-state index < -0.39 is 0 Å². The number of rotatable bonds is 5. The molecule has 2 aliphatic heterocycles. The lowest BCUT2D eigenvalue weighted by molar-refractivity contribution is -1.45. The first-order chi connectivity index (χ1) is 8.57. The highest BCUT2D eigenvalue weighted by Crippen LogP contribution is 2.32. The molecule has 0 spiro atoms. The van der Waals surface area contributed by atoms with Crippen molar-refractivity contribution in [3.05, 3.63) is 37.5 Å². The minimum Gasteiger partial charge on any atom is -1.00 e. The van der Waals surface area contributed by atoms with Crippen LogP contribution in [0.2, 0.25) is 0 Å². The van der Waals surface area contributed by atoms with Crippen molar-refractivity contribution in [3.63, 3.8) is 0 Å². The highest BCUT2D eigenvalue weighted by Gasteiger charge is 2.52. The fourth-order valence-electron chi connectivity index (χ4n) is 2.98. The van der Waals surface area contributed by atoms with E-state index in [1.165, 1.54) is 0 Å². The van der Waals surface area contributed by atoms with E-state index in [9.17, 15) is 5.11 Å². The molecule has 0 bridgehead atoms. The van der Waals surface area contributed by atoms with Crippen LogP contribution >= 0.6 is 0 Å². The van der Waals surface area contributed by atoms with Gasteiger partial charge in [0, 0.05) is 14.1 Å². The van der Waals surface area contributed by atoms with Crippen LogP contribution in [0.25, 0.3) is 0 Å². The SMILES string of the molecule is C=CC[N+]1([N+]2(CCO)C=CN(C)C2)C=CN(C)C1.[Cl-].[Cl-]. The number of hydrogen-bond acceptors (Lipinski definition) is 3. The molecule has 0 radical (unpaired) electrons. The summed E-state index contributed by atoms with van der Waals surface area (Å²) in [6.07, 6.45) is 10.6. The zero-order valence-electron chi connectivity index (χ0n) is 12.1. The lowest BCUT2D eigenvalue weighted by atomic mass is 10.4. The summed E-state index contributed by atoms with van der Waals surface area (Å²) < 4.78 is 1.49. The Morgan fingerprint density at radius 1 is 1.10 bits per heavy atom. The molecule has 20 heavy (non-hydrogen) atoms. The average molecular weight is 323 g/mol. The van der Waals surface area contributed by atoms with Gasteiger partial charge in [-0.25, -0.2) is 0 Å². The second kappa shape index (κ2) is 7.33. The molecule has 5 nitrogen and oxygen atoms in total. The van der Waals surface area contributed by atoms with Crippen LogP contribution in [0.5, 0.6) is 0 Å². The Morgan fingerprint density at radius 2 is 1.60 bits per heavy atom. The van der Waals surface area contributed by atoms with Gasteiger partial charge in [-0.3, -0.25) is 0 Å². The average Bonchev–Trinajstić information content (AvgIpc) is 2.87. The van der Waals surface area contributed by atoms with Crippen molar-refractivity contribution in [3.8, 4) is 0 Å². The molecule has 2 aliphatic rings. The number of halogens is 2. The van der Waals surface area contributed by atoms with Gasteiger partial charge in [0.15, 0.2) is 18.9 Å². The van der Waals surface area contributed by atoms with E-state index in [1.807, 2.05) is 6.08 Å². The van der Waals surface area contributed by atoms with Crippen LogP contribution in [0.15, 0.2) is 37.5 Å². The van der Waals surface area contributed by atoms with E-state index in [0.29, 0.717) is 6.54 Å². The standard InChI is InChI=1S/C13H24N4O.2ClH/c1-4-7-16(8-5-14(2)12-16)17(10-11-18)9-6-15(3)13-17;;/h4-6,8-9,18H,1,7,10-13H2,2-3H3;2*1H/q+2;;/p-2. The summed E-state index contributed by atoms with van der Waals surface area (Å²) in [5.74, 6) is 0. The normalized spacial score (nSPS) is 31.1. The van der Waals surface area contributed by atoms with Crippen molar-refractivity contribution in [1.29, 1.82) is 0 Å². The maximum atomic E-state index is 9.45. The smallest absolute Gasteiger partial charge is 0.203 e. The maximum Gasteiger partial charge on any atom is 0.203 e. The number of hydrogen-bond donors (Lipinski definition) is 1. The van der Waals surface area contributed by atoms with Crippen molar-refractivity contribution in [2.24, 2.45) is 0 Å². The second-order valence-corrected chi connectivity index (χ2v) is 5.29. The van der Waals surface area contributed by atoms with Gasteiger partial charge >= 0.3 is 0 Å². The topological polar surface area (TPSA) is 26.7 Å². The third kappa shape index (κ3) is 3.13. The molecular weight excluding hydrogens is 299 g/mol. The van der Waals surface area contributed by atoms with Gasteiger partial charge < -0.3 is 39.7 Å². The van der Waals surface area contributed by atoms with E-state index in [1.54, 1.807) is 0 Å². The Labute approximate surface area is 134 Å². The Bertz CT molecular complexity index is 391. The van der Waals surface area contributed by atoms with Crippen molar-refractivity contribution < 1.29 is 39.1 Å². The molecule has 0 aromatic rings. The van der Waals surface area contributed by atoms with Gasteiger partial charge in [-0.05, 0) is 6.08 Å². The molecule has 116 valence electrons. The molecule has 0 saturated carbocycles. The van der Waals surface area contributed by atoms with E-state index in [4.69, 9.17) is 0 Å². The van der Waals surface area contributed by atoms with Gasteiger partial charge in [-0.2, -0.15) is 0 Å². The maximum absolute atomic E-state index is 9.45. The summed E-state index contributed by atoms with van der Waals surface area (Å²) >= 11 is 0. The summed E-state index contributed by atoms with van der Waals surface area (Å²) in [6.45, 7) is 7.45. The van der Waals surface area contributed by atoms with Crippen molar-refractivity contribution in [1.82, 2.24) is 9.80 Å². The molecule has 2 unspecified atom stereocenters. The van der Waals surface area contributed by atoms with E-state index in [2.05, 4.69) is 55.3 Å². The van der Waals surface area contributed by atoms with Crippen LogP contribution in [0.3, 0.4) is 0 Å². The van der Waals surface area contributed by atoms with Gasteiger partial charge in [-0.15, -0.1) is 9.18 Å². The first kappa shape index (κ1) is 19.3. The quantitative estimate of drug-likeness (QED) is 0.404. The lowest BCUT2D eigenvalue weighted by Crippen LogP contribution is -3.00.